The summed E-state index contributed by atoms with van der Waals surface area (Å²) in [6.07, 6.45) is -0.768. The van der Waals surface area contributed by atoms with Gasteiger partial charge in [-0.2, -0.15) is 5.48 Å². The Morgan fingerprint density at radius 1 is 0.810 bits per heavy atom. The lowest BCUT2D eigenvalue weighted by Gasteiger charge is -2.32. The molecule has 0 radical (unpaired) electrons. The Balaban J connectivity index is 5.60. The van der Waals surface area contributed by atoms with Crippen molar-refractivity contribution in [2.45, 2.75) is 78.6 Å². The zero-order chi connectivity index (χ0) is 32.7. The summed E-state index contributed by atoms with van der Waals surface area (Å²) in [6, 6.07) is -4.61. The van der Waals surface area contributed by atoms with Crippen LogP contribution in [0.4, 0.5) is 9.59 Å². The highest BCUT2D eigenvalue weighted by molar-refractivity contribution is 5.92. The maximum atomic E-state index is 13.2. The van der Waals surface area contributed by atoms with Gasteiger partial charge in [-0.25, -0.2) is 9.59 Å². The number of hydrogen-bond donors (Lipinski definition) is 7. The van der Waals surface area contributed by atoms with Crippen molar-refractivity contribution in [3.63, 3.8) is 0 Å². The summed E-state index contributed by atoms with van der Waals surface area (Å²) in [4.78, 5) is 82.7. The third-order valence-corrected chi connectivity index (χ3v) is 6.38. The number of carbonyl (C=O) groups excluding carboxylic acids is 6. The molecular formula is C26H50N8O8. The van der Waals surface area contributed by atoms with Crippen LogP contribution in [0.1, 0.15) is 54.4 Å². The average Bonchev–Trinajstić information content (AvgIpc) is 2.88. The number of nitrogens with two attached hydrogens (primary N) is 1. The lowest BCUT2D eigenvalue weighted by molar-refractivity contribution is -0.138. The van der Waals surface area contributed by atoms with Crippen LogP contribution in [0.3, 0.4) is 0 Å². The third kappa shape index (κ3) is 12.9. The maximum Gasteiger partial charge on any atom is 0.434 e. The van der Waals surface area contributed by atoms with Gasteiger partial charge in [0.1, 0.15) is 18.1 Å². The summed E-state index contributed by atoms with van der Waals surface area (Å²) in [5, 5.41) is 19.5. The first-order chi connectivity index (χ1) is 19.5. The second kappa shape index (κ2) is 18.7. The predicted octanol–water partition coefficient (Wildman–Crippen LogP) is -1.16. The minimum Gasteiger partial charge on any atom is -0.381 e. The van der Waals surface area contributed by atoms with Crippen molar-refractivity contribution in [2.24, 2.45) is 23.5 Å². The van der Waals surface area contributed by atoms with E-state index in [4.69, 9.17) is 10.6 Å². The normalized spacial score (nSPS) is 13.9. The van der Waals surface area contributed by atoms with E-state index in [2.05, 4.69) is 21.3 Å². The highest BCUT2D eigenvalue weighted by Crippen LogP contribution is 2.13. The zero-order valence-electron chi connectivity index (χ0n) is 26.1. The zero-order valence-corrected chi connectivity index (χ0v) is 26.1. The minimum absolute atomic E-state index is 0.0443. The van der Waals surface area contributed by atoms with Crippen LogP contribution in [-0.4, -0.2) is 109 Å². The Morgan fingerprint density at radius 2 is 1.38 bits per heavy atom. The van der Waals surface area contributed by atoms with Crippen LogP contribution >= 0.6 is 0 Å². The number of rotatable bonds is 16. The molecule has 0 aromatic heterocycles. The number of amides is 7. The number of urea groups is 1. The summed E-state index contributed by atoms with van der Waals surface area (Å²) in [6.45, 7) is 10.1. The molecule has 7 amide bonds. The van der Waals surface area contributed by atoms with E-state index >= 15 is 0 Å². The third-order valence-electron chi connectivity index (χ3n) is 6.38. The molecule has 0 aliphatic heterocycles. The fourth-order valence-corrected chi connectivity index (χ4v) is 4.08. The quantitative estimate of drug-likeness (QED) is 0.0641. The van der Waals surface area contributed by atoms with Gasteiger partial charge in [0.25, 0.3) is 5.91 Å². The van der Waals surface area contributed by atoms with Crippen LogP contribution in [0.15, 0.2) is 0 Å². The van der Waals surface area contributed by atoms with Crippen molar-refractivity contribution < 1.29 is 38.7 Å². The molecule has 0 saturated carbocycles. The Morgan fingerprint density at radius 3 is 1.83 bits per heavy atom. The average molecular weight is 603 g/mol. The van der Waals surface area contributed by atoms with Gasteiger partial charge in [0.15, 0.2) is 0 Å². The molecular weight excluding hydrogens is 552 g/mol. The minimum atomic E-state index is -1.18. The first-order valence-corrected chi connectivity index (χ1v) is 13.9. The standard InChI is InChI=1S/C26H50N8O8/c1-14(2)18(29-13-35)22(37)30-17(11-10-12-28-25(27)40)21(36)32-42-26(41)34(9)20(16(5)6)23(38)31-19(15(3)4)24(39)33(7)8/h14-20,29,35H,10-13H2,1-9H3,(H,30,37)(H,31,38)(H,32,36)(H3,27,28,40)/t17-,18-,19-,20-/m0/s1. The van der Waals surface area contributed by atoms with E-state index in [1.54, 1.807) is 55.6 Å². The maximum absolute atomic E-state index is 13.2. The van der Waals surface area contributed by atoms with Crippen molar-refractivity contribution in [1.82, 2.24) is 36.5 Å². The largest absolute Gasteiger partial charge is 0.434 e. The molecule has 0 saturated heterocycles. The van der Waals surface area contributed by atoms with Crippen LogP contribution in [0, 0.1) is 17.8 Å². The summed E-state index contributed by atoms with van der Waals surface area (Å²) in [5.41, 5.74) is 7.09. The van der Waals surface area contributed by atoms with E-state index in [1.165, 1.54) is 11.9 Å². The van der Waals surface area contributed by atoms with Crippen LogP contribution in [0.25, 0.3) is 0 Å². The number of primary amides is 1. The molecule has 0 aromatic carbocycles. The summed E-state index contributed by atoms with van der Waals surface area (Å²) in [7, 11) is 4.47. The van der Waals surface area contributed by atoms with Crippen molar-refractivity contribution in [1.29, 1.82) is 0 Å². The van der Waals surface area contributed by atoms with Gasteiger partial charge >= 0.3 is 12.1 Å². The molecule has 0 aliphatic rings. The van der Waals surface area contributed by atoms with Crippen molar-refractivity contribution in [3.8, 4) is 0 Å². The molecule has 4 atom stereocenters. The van der Waals surface area contributed by atoms with Crippen LogP contribution in [-0.2, 0) is 24.0 Å². The monoisotopic (exact) mass is 602 g/mol. The van der Waals surface area contributed by atoms with Crippen LogP contribution < -0.4 is 32.5 Å². The van der Waals surface area contributed by atoms with Gasteiger partial charge in [-0.05, 0) is 30.6 Å². The van der Waals surface area contributed by atoms with E-state index in [0.717, 1.165) is 4.90 Å². The first-order valence-electron chi connectivity index (χ1n) is 13.9. The lowest BCUT2D eigenvalue weighted by Crippen LogP contribution is -2.58. The molecule has 42 heavy (non-hydrogen) atoms. The van der Waals surface area contributed by atoms with E-state index in [0.29, 0.717) is 0 Å². The number of aliphatic hydroxyl groups excluding tert-OH is 1. The molecule has 0 spiro atoms. The summed E-state index contributed by atoms with van der Waals surface area (Å²) in [5.74, 6) is -3.16. The number of hydroxylamine groups is 1. The van der Waals surface area contributed by atoms with Gasteiger partial charge in [-0.1, -0.05) is 41.5 Å². The molecule has 8 N–H and O–H groups in total. The van der Waals surface area contributed by atoms with Gasteiger partial charge in [-0.15, -0.1) is 0 Å². The SMILES string of the molecule is CC(C)[C@H](NCO)C(=O)N[C@@H](CCCNC(N)=O)C(=O)NOC(=O)N(C)[C@H](C(=O)N[C@H](C(=O)N(C)C)C(C)C)C(C)C. The Kier molecular flexibility index (Phi) is 17.1. The molecule has 0 fully saturated rings. The number of carbonyl (C=O) groups is 6. The van der Waals surface area contributed by atoms with E-state index in [-0.39, 0.29) is 37.1 Å². The molecule has 0 aliphatic carbocycles. The molecule has 0 aromatic rings. The van der Waals surface area contributed by atoms with Gasteiger partial charge in [0.05, 0.1) is 12.8 Å². The number of aliphatic hydroxyl groups is 1. The Labute approximate surface area is 247 Å². The molecule has 0 heterocycles. The Bertz CT molecular complexity index is 928. The summed E-state index contributed by atoms with van der Waals surface area (Å²) < 4.78 is 0. The van der Waals surface area contributed by atoms with Crippen molar-refractivity contribution in [2.75, 3.05) is 34.4 Å². The van der Waals surface area contributed by atoms with Gasteiger partial charge < -0.3 is 36.5 Å². The van der Waals surface area contributed by atoms with Crippen LogP contribution in [0.2, 0.25) is 0 Å². The van der Waals surface area contributed by atoms with E-state index < -0.39 is 66.7 Å². The first kappa shape index (κ1) is 38.3. The number of likely N-dealkylation sites (N-methyl/N-ethyl adjacent to an activating group) is 2. The van der Waals surface area contributed by atoms with Gasteiger partial charge in [-0.3, -0.25) is 29.4 Å². The number of nitrogens with one attached hydrogen (secondary N) is 5. The fourth-order valence-electron chi connectivity index (χ4n) is 4.08. The van der Waals surface area contributed by atoms with Crippen LogP contribution in [0.5, 0.6) is 0 Å². The predicted molar refractivity (Wildman–Crippen MR) is 154 cm³/mol. The van der Waals surface area contributed by atoms with Crippen molar-refractivity contribution in [3.05, 3.63) is 0 Å². The molecule has 0 bridgehead atoms. The van der Waals surface area contributed by atoms with E-state index in [9.17, 15) is 33.9 Å². The number of hydrogen-bond acceptors (Lipinski definition) is 9. The molecule has 16 heteroatoms. The second-order valence-electron chi connectivity index (χ2n) is 11.2. The fraction of sp³-hybridized carbons (Fsp3) is 0.769. The topological polar surface area (TPSA) is 225 Å². The second-order valence-corrected chi connectivity index (χ2v) is 11.2. The number of nitrogens with zero attached hydrogens (tertiary/aromatic N) is 2. The molecule has 0 rings (SSSR count). The van der Waals surface area contributed by atoms with E-state index in [1.807, 2.05) is 5.48 Å². The molecule has 242 valence electrons. The Hall–Kier alpha value is -3.66. The van der Waals surface area contributed by atoms with Crippen molar-refractivity contribution >= 4 is 35.8 Å². The lowest BCUT2D eigenvalue weighted by atomic mass is 9.99. The molecule has 0 unspecified atom stereocenters. The van der Waals surface area contributed by atoms with Gasteiger partial charge in [0.2, 0.25) is 17.7 Å². The highest BCUT2D eigenvalue weighted by atomic mass is 16.7. The smallest absolute Gasteiger partial charge is 0.381 e. The highest BCUT2D eigenvalue weighted by Gasteiger charge is 2.35. The van der Waals surface area contributed by atoms with Gasteiger partial charge in [0, 0.05) is 27.7 Å². The molecule has 16 nitrogen and oxygen atoms in total. The summed E-state index contributed by atoms with van der Waals surface area (Å²) >= 11 is 0.